The van der Waals surface area contributed by atoms with E-state index in [9.17, 15) is 35.9 Å². The van der Waals surface area contributed by atoms with Crippen molar-refractivity contribution in [1.29, 1.82) is 0 Å². The van der Waals surface area contributed by atoms with E-state index in [4.69, 9.17) is 4.74 Å². The number of hydrogen-bond donors (Lipinski definition) is 1. The lowest BCUT2D eigenvalue weighted by Gasteiger charge is -2.17. The van der Waals surface area contributed by atoms with Gasteiger partial charge in [-0.2, -0.15) is 26.3 Å². The average molecular weight is 514 g/mol. The number of carbonyl (C=O) groups excluding carboxylic acids is 2. The number of thioether (sulfide) groups is 1. The number of benzene rings is 2. The standard InChI is InChI=1S/C23H16F6N2O3S/c1-2-11-8-13(7-6-12(11)9-17-20(32)31-21(33)35-17)34-16-10-18(23(27,28)29)30-19-14(16)4-3-5-15(19)22(24,25)26/h3-8,10,17H,2,9H2,1H3,(H,31,32,33). The molecule has 0 bridgehead atoms. The number of para-hydroxylation sites is 1. The lowest BCUT2D eigenvalue weighted by Crippen LogP contribution is -2.25. The number of rotatable bonds is 5. The summed E-state index contributed by atoms with van der Waals surface area (Å²) in [7, 11) is 0. The highest BCUT2D eigenvalue weighted by Gasteiger charge is 2.38. The van der Waals surface area contributed by atoms with E-state index >= 15 is 0 Å². The van der Waals surface area contributed by atoms with Gasteiger partial charge in [0.25, 0.3) is 5.24 Å². The number of carbonyl (C=O) groups is 2. The fraction of sp³-hybridized carbons (Fsp3) is 0.261. The van der Waals surface area contributed by atoms with Crippen LogP contribution in [-0.2, 0) is 30.0 Å². The van der Waals surface area contributed by atoms with Gasteiger partial charge >= 0.3 is 12.4 Å². The van der Waals surface area contributed by atoms with Crippen LogP contribution in [0.5, 0.6) is 11.5 Å². The van der Waals surface area contributed by atoms with Crippen LogP contribution in [0.25, 0.3) is 10.9 Å². The highest BCUT2D eigenvalue weighted by Crippen LogP contribution is 2.41. The van der Waals surface area contributed by atoms with Crippen molar-refractivity contribution >= 4 is 33.8 Å². The molecule has 35 heavy (non-hydrogen) atoms. The summed E-state index contributed by atoms with van der Waals surface area (Å²) in [6.45, 7) is 1.81. The van der Waals surface area contributed by atoms with E-state index in [0.717, 1.165) is 23.4 Å². The molecule has 12 heteroatoms. The molecular formula is C23H16F6N2O3S. The zero-order valence-corrected chi connectivity index (χ0v) is 18.7. The SMILES string of the molecule is CCc1cc(Oc2cc(C(F)(F)F)nc3c(C(F)(F)F)cccc23)ccc1CC1SC(=O)NC1=O. The van der Waals surface area contributed by atoms with Crippen LogP contribution >= 0.6 is 11.8 Å². The quantitative estimate of drug-likeness (QED) is 0.393. The molecule has 2 heterocycles. The van der Waals surface area contributed by atoms with Crippen molar-refractivity contribution in [1.82, 2.24) is 10.3 Å². The minimum absolute atomic E-state index is 0.100. The Morgan fingerprint density at radius 1 is 1.00 bits per heavy atom. The largest absolute Gasteiger partial charge is 0.457 e. The first-order valence-corrected chi connectivity index (χ1v) is 11.1. The number of ether oxygens (including phenoxy) is 1. The molecule has 2 aromatic carbocycles. The molecule has 4 rings (SSSR count). The first-order valence-electron chi connectivity index (χ1n) is 10.3. The summed E-state index contributed by atoms with van der Waals surface area (Å²) in [5, 5.41) is 0.916. The Kier molecular flexibility index (Phi) is 6.43. The number of pyridine rings is 1. The third-order valence-electron chi connectivity index (χ3n) is 5.36. The Morgan fingerprint density at radius 2 is 1.74 bits per heavy atom. The topological polar surface area (TPSA) is 68.3 Å². The molecule has 1 atom stereocenters. The van der Waals surface area contributed by atoms with Crippen molar-refractivity contribution in [3.05, 3.63) is 64.8 Å². The zero-order chi connectivity index (χ0) is 25.5. The molecule has 184 valence electrons. The van der Waals surface area contributed by atoms with E-state index in [-0.39, 0.29) is 17.6 Å². The van der Waals surface area contributed by atoms with E-state index < -0.39 is 51.3 Å². The Labute approximate surface area is 198 Å². The molecule has 1 aromatic heterocycles. The fourth-order valence-electron chi connectivity index (χ4n) is 3.72. The lowest BCUT2D eigenvalue weighted by atomic mass is 10.00. The van der Waals surface area contributed by atoms with Crippen LogP contribution in [0, 0.1) is 0 Å². The summed E-state index contributed by atoms with van der Waals surface area (Å²) >= 11 is 0.867. The molecule has 3 aromatic rings. The second-order valence-corrected chi connectivity index (χ2v) is 8.85. The molecule has 0 saturated carbocycles. The Morgan fingerprint density at radius 3 is 2.34 bits per heavy atom. The number of nitrogens with one attached hydrogen (secondary N) is 1. The smallest absolute Gasteiger partial charge is 0.433 e. The van der Waals surface area contributed by atoms with E-state index in [2.05, 4.69) is 10.3 Å². The van der Waals surface area contributed by atoms with Gasteiger partial charge in [-0.05, 0) is 48.2 Å². The number of hydrogen-bond acceptors (Lipinski definition) is 5. The van der Waals surface area contributed by atoms with Gasteiger partial charge in [0.15, 0.2) is 0 Å². The van der Waals surface area contributed by atoms with Crippen LogP contribution in [-0.4, -0.2) is 21.4 Å². The number of halogens is 6. The molecule has 2 amide bonds. The molecule has 0 radical (unpaired) electrons. The van der Waals surface area contributed by atoms with E-state index in [1.54, 1.807) is 12.1 Å². The van der Waals surface area contributed by atoms with Crippen LogP contribution in [0.2, 0.25) is 0 Å². The van der Waals surface area contributed by atoms with Crippen molar-refractivity contribution in [3.63, 3.8) is 0 Å². The minimum Gasteiger partial charge on any atom is -0.457 e. The molecular weight excluding hydrogens is 498 g/mol. The Bertz CT molecular complexity index is 1320. The maximum absolute atomic E-state index is 13.5. The first-order chi connectivity index (χ1) is 16.4. The van der Waals surface area contributed by atoms with Gasteiger partial charge in [0.05, 0.1) is 16.3 Å². The van der Waals surface area contributed by atoms with Gasteiger partial charge in [-0.15, -0.1) is 0 Å². The Balaban J connectivity index is 1.74. The summed E-state index contributed by atoms with van der Waals surface area (Å²) in [5.74, 6) is -0.742. The van der Waals surface area contributed by atoms with Crippen molar-refractivity contribution < 1.29 is 40.7 Å². The molecule has 1 aliphatic rings. The summed E-state index contributed by atoms with van der Waals surface area (Å²) in [5.41, 5.74) is -2.25. The molecule has 0 spiro atoms. The van der Waals surface area contributed by atoms with Gasteiger partial charge in [-0.1, -0.05) is 30.8 Å². The number of fused-ring (bicyclic) bond motifs is 1. The predicted molar refractivity (Wildman–Crippen MR) is 116 cm³/mol. The predicted octanol–water partition coefficient (Wildman–Crippen LogP) is 6.52. The van der Waals surface area contributed by atoms with E-state index in [1.165, 1.54) is 12.1 Å². The number of aryl methyl sites for hydroxylation is 1. The molecule has 1 unspecified atom stereocenters. The van der Waals surface area contributed by atoms with Gasteiger partial charge in [-0.25, -0.2) is 4.98 Å². The first kappa shape index (κ1) is 24.8. The minimum atomic E-state index is -5.00. The fourth-order valence-corrected chi connectivity index (χ4v) is 4.57. The average Bonchev–Trinajstić information content (AvgIpc) is 3.09. The zero-order valence-electron chi connectivity index (χ0n) is 17.9. The van der Waals surface area contributed by atoms with Crippen molar-refractivity contribution in [3.8, 4) is 11.5 Å². The second kappa shape index (κ2) is 9.06. The van der Waals surface area contributed by atoms with Crippen LogP contribution in [0.15, 0.2) is 42.5 Å². The molecule has 1 fully saturated rings. The number of nitrogens with zero attached hydrogens (tertiary/aromatic N) is 1. The molecule has 1 aliphatic heterocycles. The monoisotopic (exact) mass is 514 g/mol. The van der Waals surface area contributed by atoms with E-state index in [1.807, 2.05) is 6.92 Å². The summed E-state index contributed by atoms with van der Waals surface area (Å²) in [6, 6.07) is 8.09. The third-order valence-corrected chi connectivity index (χ3v) is 6.34. The van der Waals surface area contributed by atoms with Gasteiger partial charge < -0.3 is 4.74 Å². The maximum atomic E-state index is 13.5. The molecule has 1 N–H and O–H groups in total. The van der Waals surface area contributed by atoms with Crippen LogP contribution in [0.3, 0.4) is 0 Å². The normalized spacial score (nSPS) is 16.6. The van der Waals surface area contributed by atoms with Gasteiger partial charge in [-0.3, -0.25) is 14.9 Å². The lowest BCUT2D eigenvalue weighted by molar-refractivity contribution is -0.142. The third kappa shape index (κ3) is 5.21. The highest BCUT2D eigenvalue weighted by molar-refractivity contribution is 8.15. The number of aromatic nitrogens is 1. The van der Waals surface area contributed by atoms with Crippen LogP contribution in [0.4, 0.5) is 31.1 Å². The highest BCUT2D eigenvalue weighted by atomic mass is 32.2. The molecule has 5 nitrogen and oxygen atoms in total. The van der Waals surface area contributed by atoms with E-state index in [0.29, 0.717) is 24.1 Å². The second-order valence-electron chi connectivity index (χ2n) is 7.68. The van der Waals surface area contributed by atoms with Crippen LogP contribution < -0.4 is 10.1 Å². The number of imide groups is 1. The van der Waals surface area contributed by atoms with Gasteiger partial charge in [0.2, 0.25) is 5.91 Å². The van der Waals surface area contributed by atoms with Crippen molar-refractivity contribution in [2.24, 2.45) is 0 Å². The van der Waals surface area contributed by atoms with Gasteiger partial charge in [0, 0.05) is 11.5 Å². The van der Waals surface area contributed by atoms with Crippen molar-refractivity contribution in [2.45, 2.75) is 37.4 Å². The number of alkyl halides is 6. The molecule has 1 saturated heterocycles. The molecule has 0 aliphatic carbocycles. The Hall–Kier alpha value is -3.28. The van der Waals surface area contributed by atoms with Gasteiger partial charge in [0.1, 0.15) is 17.2 Å². The summed E-state index contributed by atoms with van der Waals surface area (Å²) in [6.07, 6.45) is -9.20. The summed E-state index contributed by atoms with van der Waals surface area (Å²) < 4.78 is 86.3. The maximum Gasteiger partial charge on any atom is 0.433 e. The number of amides is 2. The van der Waals surface area contributed by atoms with Crippen molar-refractivity contribution in [2.75, 3.05) is 0 Å². The summed E-state index contributed by atoms with van der Waals surface area (Å²) in [4.78, 5) is 26.5. The van der Waals surface area contributed by atoms with Crippen LogP contribution in [0.1, 0.15) is 29.3 Å².